The van der Waals surface area contributed by atoms with Gasteiger partial charge in [-0.2, -0.15) is 0 Å². The smallest absolute Gasteiger partial charge is 0.356 e. The van der Waals surface area contributed by atoms with E-state index in [-0.39, 0.29) is 12.3 Å². The summed E-state index contributed by atoms with van der Waals surface area (Å²) in [6.45, 7) is 4.55. The summed E-state index contributed by atoms with van der Waals surface area (Å²) in [6, 6.07) is 7.84. The maximum Gasteiger partial charge on any atom is 0.356 e. The highest BCUT2D eigenvalue weighted by atomic mass is 16.5. The summed E-state index contributed by atoms with van der Waals surface area (Å²) < 4.78 is 10.4. The molecule has 0 amide bonds. The van der Waals surface area contributed by atoms with Crippen LogP contribution in [-0.2, 0) is 9.53 Å². The number of ether oxygens (including phenoxy) is 2. The molecule has 0 saturated heterocycles. The predicted molar refractivity (Wildman–Crippen MR) is 76.4 cm³/mol. The van der Waals surface area contributed by atoms with Crippen molar-refractivity contribution in [1.82, 2.24) is 0 Å². The third-order valence-electron chi connectivity index (χ3n) is 2.70. The number of nitrogens with zero attached hydrogens (tertiary/aromatic N) is 1. The molecule has 1 aromatic carbocycles. The molecule has 0 saturated carbocycles. The Kier molecular flexibility index (Phi) is 7.17. The van der Waals surface area contributed by atoms with Gasteiger partial charge in [0.15, 0.2) is 5.71 Å². The van der Waals surface area contributed by atoms with Crippen LogP contribution >= 0.6 is 0 Å². The van der Waals surface area contributed by atoms with Crippen molar-refractivity contribution in [2.75, 3.05) is 13.2 Å². The number of benzene rings is 1. The van der Waals surface area contributed by atoms with Crippen molar-refractivity contribution in [2.45, 2.75) is 33.1 Å². The molecule has 0 fully saturated rings. The molecule has 0 atom stereocenters. The molecule has 0 aromatic heterocycles. The van der Waals surface area contributed by atoms with Gasteiger partial charge in [-0.1, -0.05) is 17.3 Å². The zero-order chi connectivity index (χ0) is 14.8. The van der Waals surface area contributed by atoms with Crippen LogP contribution in [0.3, 0.4) is 0 Å². The molecule has 5 heteroatoms. The van der Waals surface area contributed by atoms with Crippen LogP contribution in [0.25, 0.3) is 0 Å². The van der Waals surface area contributed by atoms with E-state index in [0.29, 0.717) is 19.4 Å². The molecule has 1 rings (SSSR count). The van der Waals surface area contributed by atoms with Gasteiger partial charge in [0.1, 0.15) is 5.75 Å². The van der Waals surface area contributed by atoms with E-state index in [4.69, 9.17) is 14.7 Å². The third-order valence-corrected chi connectivity index (χ3v) is 2.70. The Morgan fingerprint density at radius 2 is 2.15 bits per heavy atom. The van der Waals surface area contributed by atoms with Gasteiger partial charge in [0.05, 0.1) is 13.2 Å². The van der Waals surface area contributed by atoms with Gasteiger partial charge in [-0.05, 0) is 44.4 Å². The van der Waals surface area contributed by atoms with Crippen LogP contribution in [-0.4, -0.2) is 30.1 Å². The first-order valence-electron chi connectivity index (χ1n) is 6.75. The molecular formula is C15H21NO4. The van der Waals surface area contributed by atoms with E-state index in [1.54, 1.807) is 6.92 Å². The lowest BCUT2D eigenvalue weighted by Crippen LogP contribution is -2.17. The Bertz CT molecular complexity index is 457. The minimum absolute atomic E-state index is 0.0578. The Balaban J connectivity index is 2.23. The second-order valence-electron chi connectivity index (χ2n) is 4.39. The molecule has 0 bridgehead atoms. The highest BCUT2D eigenvalue weighted by Gasteiger charge is 2.12. The van der Waals surface area contributed by atoms with Gasteiger partial charge in [0.2, 0.25) is 0 Å². The number of unbranched alkanes of at least 4 members (excludes halogenated alkanes) is 1. The van der Waals surface area contributed by atoms with Crippen LogP contribution < -0.4 is 4.74 Å². The first kappa shape index (κ1) is 16.0. The first-order valence-corrected chi connectivity index (χ1v) is 6.75. The van der Waals surface area contributed by atoms with E-state index in [0.717, 1.165) is 17.7 Å². The first-order chi connectivity index (χ1) is 9.67. The highest BCUT2D eigenvalue weighted by Crippen LogP contribution is 2.13. The van der Waals surface area contributed by atoms with E-state index in [9.17, 15) is 4.79 Å². The van der Waals surface area contributed by atoms with E-state index < -0.39 is 5.97 Å². The summed E-state index contributed by atoms with van der Waals surface area (Å²) in [5.41, 5.74) is 1.21. The molecule has 0 heterocycles. The lowest BCUT2D eigenvalue weighted by Gasteiger charge is -2.07. The summed E-state index contributed by atoms with van der Waals surface area (Å²) in [6.07, 6.45) is 1.85. The topological polar surface area (TPSA) is 68.1 Å². The number of rotatable bonds is 8. The average molecular weight is 279 g/mol. The van der Waals surface area contributed by atoms with Crippen molar-refractivity contribution in [1.29, 1.82) is 0 Å². The fourth-order valence-corrected chi connectivity index (χ4v) is 1.70. The third kappa shape index (κ3) is 5.73. The standard InChI is InChI=1S/C15H21NO4/c1-3-19-15(17)14(16-18)9-4-5-10-20-13-8-6-7-12(2)11-13/h6-8,11,18H,3-5,9-10H2,1-2H3. The largest absolute Gasteiger partial charge is 0.494 e. The van der Waals surface area contributed by atoms with Crippen LogP contribution in [0.1, 0.15) is 31.7 Å². The Labute approximate surface area is 119 Å². The van der Waals surface area contributed by atoms with E-state index in [1.807, 2.05) is 31.2 Å². The van der Waals surface area contributed by atoms with Crippen molar-refractivity contribution in [2.24, 2.45) is 5.16 Å². The van der Waals surface area contributed by atoms with Gasteiger partial charge >= 0.3 is 5.97 Å². The highest BCUT2D eigenvalue weighted by molar-refractivity contribution is 6.36. The lowest BCUT2D eigenvalue weighted by molar-refractivity contribution is -0.135. The Morgan fingerprint density at radius 1 is 1.35 bits per heavy atom. The molecule has 0 aliphatic rings. The lowest BCUT2D eigenvalue weighted by atomic mass is 10.2. The van der Waals surface area contributed by atoms with Gasteiger partial charge in [-0.25, -0.2) is 4.79 Å². The zero-order valence-corrected chi connectivity index (χ0v) is 12.0. The van der Waals surface area contributed by atoms with E-state index in [2.05, 4.69) is 5.16 Å². The van der Waals surface area contributed by atoms with Crippen LogP contribution in [0.2, 0.25) is 0 Å². The fourth-order valence-electron chi connectivity index (χ4n) is 1.70. The monoisotopic (exact) mass is 279 g/mol. The normalized spacial score (nSPS) is 11.2. The molecule has 0 unspecified atom stereocenters. The van der Waals surface area contributed by atoms with Gasteiger partial charge in [0.25, 0.3) is 0 Å². The minimum atomic E-state index is -0.561. The summed E-state index contributed by atoms with van der Waals surface area (Å²) in [4.78, 5) is 11.4. The van der Waals surface area contributed by atoms with Gasteiger partial charge in [0, 0.05) is 6.42 Å². The van der Waals surface area contributed by atoms with E-state index in [1.165, 1.54) is 0 Å². The van der Waals surface area contributed by atoms with Crippen molar-refractivity contribution in [3.8, 4) is 5.75 Å². The van der Waals surface area contributed by atoms with Crippen molar-refractivity contribution >= 4 is 11.7 Å². The summed E-state index contributed by atoms with van der Waals surface area (Å²) in [7, 11) is 0. The summed E-state index contributed by atoms with van der Waals surface area (Å²) in [5.74, 6) is 0.279. The molecular weight excluding hydrogens is 258 g/mol. The number of hydrogen-bond donors (Lipinski definition) is 1. The molecule has 20 heavy (non-hydrogen) atoms. The van der Waals surface area contributed by atoms with Crippen molar-refractivity contribution in [3.63, 3.8) is 0 Å². The van der Waals surface area contributed by atoms with Gasteiger partial charge in [-0.15, -0.1) is 0 Å². The van der Waals surface area contributed by atoms with Crippen molar-refractivity contribution in [3.05, 3.63) is 29.8 Å². The number of esters is 1. The molecule has 1 aromatic rings. The average Bonchev–Trinajstić information content (AvgIpc) is 2.43. The minimum Gasteiger partial charge on any atom is -0.494 e. The Morgan fingerprint density at radius 3 is 2.80 bits per heavy atom. The van der Waals surface area contributed by atoms with Crippen LogP contribution in [0.5, 0.6) is 5.75 Å². The maximum atomic E-state index is 11.4. The molecule has 5 nitrogen and oxygen atoms in total. The van der Waals surface area contributed by atoms with Gasteiger partial charge in [-0.3, -0.25) is 0 Å². The fraction of sp³-hybridized carbons (Fsp3) is 0.467. The molecule has 0 spiro atoms. The SMILES string of the molecule is CCOC(=O)C(CCCCOc1cccc(C)c1)=NO. The maximum absolute atomic E-state index is 11.4. The van der Waals surface area contributed by atoms with Crippen LogP contribution in [0.4, 0.5) is 0 Å². The van der Waals surface area contributed by atoms with Crippen LogP contribution in [0.15, 0.2) is 29.4 Å². The molecule has 1 N–H and O–H groups in total. The van der Waals surface area contributed by atoms with E-state index >= 15 is 0 Å². The van der Waals surface area contributed by atoms with Gasteiger partial charge < -0.3 is 14.7 Å². The molecule has 0 radical (unpaired) electrons. The number of oxime groups is 1. The number of carbonyl (C=O) groups excluding carboxylic acids is 1. The molecule has 110 valence electrons. The number of aryl methyl sites for hydroxylation is 1. The predicted octanol–water partition coefficient (Wildman–Crippen LogP) is 2.94. The summed E-state index contributed by atoms with van der Waals surface area (Å²) in [5, 5.41) is 11.7. The number of carbonyl (C=O) groups is 1. The second-order valence-corrected chi connectivity index (χ2v) is 4.39. The molecule has 0 aliphatic heterocycles. The quantitative estimate of drug-likeness (QED) is 0.261. The molecule has 0 aliphatic carbocycles. The summed E-state index contributed by atoms with van der Waals surface area (Å²) >= 11 is 0. The van der Waals surface area contributed by atoms with Crippen LogP contribution in [0, 0.1) is 6.92 Å². The Hall–Kier alpha value is -2.04. The van der Waals surface area contributed by atoms with Crippen molar-refractivity contribution < 1.29 is 19.5 Å². The zero-order valence-electron chi connectivity index (χ0n) is 12.0. The number of hydrogen-bond acceptors (Lipinski definition) is 5. The second kappa shape index (κ2) is 8.96.